The molecular weight excluding hydrogens is 460 g/mol. The van der Waals surface area contributed by atoms with Crippen molar-refractivity contribution in [1.29, 1.82) is 0 Å². The molecule has 1 fully saturated rings. The van der Waals surface area contributed by atoms with Crippen LogP contribution in [0.4, 0.5) is 5.69 Å². The molecule has 4 aromatic rings. The van der Waals surface area contributed by atoms with Gasteiger partial charge >= 0.3 is 0 Å². The average molecular weight is 487 g/mol. The summed E-state index contributed by atoms with van der Waals surface area (Å²) in [6, 6.07) is 25.3. The first-order chi connectivity index (χ1) is 17.0. The van der Waals surface area contributed by atoms with E-state index in [0.29, 0.717) is 24.3 Å². The number of fused-ring (bicyclic) bond motifs is 1. The number of nitrogens with one attached hydrogen (secondary N) is 1. The summed E-state index contributed by atoms with van der Waals surface area (Å²) in [6.45, 7) is 3.76. The van der Waals surface area contributed by atoms with Gasteiger partial charge in [-0.1, -0.05) is 36.4 Å². The van der Waals surface area contributed by atoms with E-state index in [9.17, 15) is 13.2 Å². The molecule has 0 atom stereocenters. The maximum atomic E-state index is 13.0. The Morgan fingerprint density at radius 3 is 2.34 bits per heavy atom. The molecule has 0 saturated carbocycles. The molecule has 1 aliphatic rings. The first-order valence-electron chi connectivity index (χ1n) is 11.5. The number of benzene rings is 3. The fourth-order valence-electron chi connectivity index (χ4n) is 4.26. The van der Waals surface area contributed by atoms with Crippen LogP contribution in [0.25, 0.3) is 10.9 Å². The predicted octanol–water partition coefficient (Wildman–Crippen LogP) is 3.99. The SMILES string of the molecule is O=C(c1ccc(S(=O)(=O)Nc2ccc3ncccc3c2)cc1)N1CCN(Cc2ccccc2)CC1. The van der Waals surface area contributed by atoms with Crippen LogP contribution in [-0.2, 0) is 16.6 Å². The summed E-state index contributed by atoms with van der Waals surface area (Å²) in [4.78, 5) is 21.5. The minimum atomic E-state index is -3.79. The van der Waals surface area contributed by atoms with Gasteiger partial charge in [0.25, 0.3) is 15.9 Å². The van der Waals surface area contributed by atoms with Crippen molar-refractivity contribution in [3.63, 3.8) is 0 Å². The molecule has 0 aliphatic carbocycles. The second kappa shape index (κ2) is 9.85. The van der Waals surface area contributed by atoms with E-state index in [-0.39, 0.29) is 10.8 Å². The molecule has 5 rings (SSSR count). The van der Waals surface area contributed by atoms with E-state index in [2.05, 4.69) is 26.7 Å². The Labute approximate surface area is 205 Å². The fourth-order valence-corrected chi connectivity index (χ4v) is 5.31. The number of carbonyl (C=O) groups excluding carboxylic acids is 1. The van der Waals surface area contributed by atoms with Gasteiger partial charge in [0.1, 0.15) is 0 Å². The molecule has 1 N–H and O–H groups in total. The first kappa shape index (κ1) is 23.0. The maximum Gasteiger partial charge on any atom is 0.261 e. The van der Waals surface area contributed by atoms with Crippen molar-refractivity contribution in [2.75, 3.05) is 30.9 Å². The second-order valence-electron chi connectivity index (χ2n) is 8.59. The predicted molar refractivity (Wildman–Crippen MR) is 137 cm³/mol. The minimum Gasteiger partial charge on any atom is -0.336 e. The standard InChI is InChI=1S/C27H26N4O3S/c32-27(31-17-15-30(16-18-31)20-21-5-2-1-3-6-21)22-8-11-25(12-9-22)35(33,34)29-24-10-13-26-23(19-24)7-4-14-28-26/h1-14,19,29H,15-18,20H2. The number of hydrogen-bond acceptors (Lipinski definition) is 5. The number of nitrogens with zero attached hydrogens (tertiary/aromatic N) is 3. The normalized spacial score (nSPS) is 14.7. The number of aromatic nitrogens is 1. The summed E-state index contributed by atoms with van der Waals surface area (Å²) >= 11 is 0. The van der Waals surface area contributed by atoms with Crippen LogP contribution < -0.4 is 4.72 Å². The van der Waals surface area contributed by atoms with Gasteiger partial charge in [-0.25, -0.2) is 8.42 Å². The maximum absolute atomic E-state index is 13.0. The molecule has 1 amide bonds. The van der Waals surface area contributed by atoms with Crippen LogP contribution in [0.1, 0.15) is 15.9 Å². The lowest BCUT2D eigenvalue weighted by Gasteiger charge is -2.34. The van der Waals surface area contributed by atoms with E-state index in [1.54, 1.807) is 42.6 Å². The summed E-state index contributed by atoms with van der Waals surface area (Å²) in [5.74, 6) is -0.0803. The van der Waals surface area contributed by atoms with Crippen LogP contribution in [0, 0.1) is 0 Å². The third-order valence-corrected chi connectivity index (χ3v) is 7.57. The molecule has 8 heteroatoms. The van der Waals surface area contributed by atoms with E-state index in [0.717, 1.165) is 30.5 Å². The van der Waals surface area contributed by atoms with Crippen molar-refractivity contribution in [3.05, 3.63) is 102 Å². The molecule has 35 heavy (non-hydrogen) atoms. The summed E-state index contributed by atoms with van der Waals surface area (Å²) in [5, 5.41) is 0.845. The van der Waals surface area contributed by atoms with Crippen molar-refractivity contribution >= 4 is 32.5 Å². The van der Waals surface area contributed by atoms with Crippen LogP contribution >= 0.6 is 0 Å². The van der Waals surface area contributed by atoms with Crippen LogP contribution in [0.15, 0.2) is 96.0 Å². The highest BCUT2D eigenvalue weighted by Crippen LogP contribution is 2.21. The van der Waals surface area contributed by atoms with Gasteiger partial charge in [0.05, 0.1) is 10.4 Å². The second-order valence-corrected chi connectivity index (χ2v) is 10.3. The first-order valence-corrected chi connectivity index (χ1v) is 13.0. The van der Waals surface area contributed by atoms with Crippen molar-refractivity contribution in [2.24, 2.45) is 0 Å². The molecule has 1 saturated heterocycles. The third kappa shape index (κ3) is 5.34. The van der Waals surface area contributed by atoms with Gasteiger partial charge in [-0.2, -0.15) is 0 Å². The molecule has 7 nitrogen and oxygen atoms in total. The largest absolute Gasteiger partial charge is 0.336 e. The van der Waals surface area contributed by atoms with E-state index in [4.69, 9.17) is 0 Å². The number of sulfonamides is 1. The van der Waals surface area contributed by atoms with Gasteiger partial charge in [-0.15, -0.1) is 0 Å². The van der Waals surface area contributed by atoms with E-state index < -0.39 is 10.0 Å². The summed E-state index contributed by atoms with van der Waals surface area (Å²) < 4.78 is 28.4. The van der Waals surface area contributed by atoms with Crippen molar-refractivity contribution < 1.29 is 13.2 Å². The zero-order valence-corrected chi connectivity index (χ0v) is 20.0. The molecule has 0 unspecified atom stereocenters. The van der Waals surface area contributed by atoms with Crippen LogP contribution in [0.3, 0.4) is 0 Å². The Kier molecular flexibility index (Phi) is 6.48. The van der Waals surface area contributed by atoms with E-state index in [1.807, 2.05) is 29.2 Å². The Bertz CT molecular complexity index is 1430. The lowest BCUT2D eigenvalue weighted by atomic mass is 10.1. The number of anilines is 1. The number of rotatable bonds is 6. The smallest absolute Gasteiger partial charge is 0.261 e. The molecule has 3 aromatic carbocycles. The summed E-state index contributed by atoms with van der Waals surface area (Å²) in [6.07, 6.45) is 1.69. The van der Waals surface area contributed by atoms with Gasteiger partial charge in [-0.3, -0.25) is 19.4 Å². The molecule has 2 heterocycles. The number of carbonyl (C=O) groups is 1. The lowest BCUT2D eigenvalue weighted by Crippen LogP contribution is -2.48. The third-order valence-electron chi connectivity index (χ3n) is 6.18. The van der Waals surface area contributed by atoms with E-state index >= 15 is 0 Å². The van der Waals surface area contributed by atoms with Crippen molar-refractivity contribution in [2.45, 2.75) is 11.4 Å². The number of piperazine rings is 1. The van der Waals surface area contributed by atoms with Gasteiger partial charge in [-0.05, 0) is 54.1 Å². The Morgan fingerprint density at radius 1 is 0.857 bits per heavy atom. The zero-order chi connectivity index (χ0) is 24.3. The molecule has 0 bridgehead atoms. The number of hydrogen-bond donors (Lipinski definition) is 1. The lowest BCUT2D eigenvalue weighted by molar-refractivity contribution is 0.0628. The highest BCUT2D eigenvalue weighted by molar-refractivity contribution is 7.92. The molecule has 1 aromatic heterocycles. The summed E-state index contributed by atoms with van der Waals surface area (Å²) in [5.41, 5.74) is 2.99. The monoisotopic (exact) mass is 486 g/mol. The highest BCUT2D eigenvalue weighted by Gasteiger charge is 2.23. The topological polar surface area (TPSA) is 82.6 Å². The number of pyridine rings is 1. The Balaban J connectivity index is 1.21. The molecule has 1 aliphatic heterocycles. The Hall–Kier alpha value is -3.75. The Morgan fingerprint density at radius 2 is 1.60 bits per heavy atom. The van der Waals surface area contributed by atoms with Gasteiger partial charge in [0.2, 0.25) is 0 Å². The van der Waals surface area contributed by atoms with Gasteiger partial charge in [0, 0.05) is 55.6 Å². The fraction of sp³-hybridized carbons (Fsp3) is 0.185. The average Bonchev–Trinajstić information content (AvgIpc) is 2.89. The van der Waals surface area contributed by atoms with Gasteiger partial charge in [0.15, 0.2) is 0 Å². The molecule has 0 radical (unpaired) electrons. The van der Waals surface area contributed by atoms with Gasteiger partial charge < -0.3 is 4.90 Å². The van der Waals surface area contributed by atoms with Crippen LogP contribution in [0.2, 0.25) is 0 Å². The summed E-state index contributed by atoms with van der Waals surface area (Å²) in [7, 11) is -3.79. The molecule has 0 spiro atoms. The van der Waals surface area contributed by atoms with Crippen LogP contribution in [0.5, 0.6) is 0 Å². The zero-order valence-electron chi connectivity index (χ0n) is 19.2. The van der Waals surface area contributed by atoms with Crippen molar-refractivity contribution in [3.8, 4) is 0 Å². The number of amides is 1. The minimum absolute atomic E-state index is 0.0803. The van der Waals surface area contributed by atoms with E-state index in [1.165, 1.54) is 17.7 Å². The highest BCUT2D eigenvalue weighted by atomic mass is 32.2. The molecule has 178 valence electrons. The van der Waals surface area contributed by atoms with Crippen LogP contribution in [-0.4, -0.2) is 55.3 Å². The quantitative estimate of drug-likeness (QED) is 0.446. The van der Waals surface area contributed by atoms with Crippen molar-refractivity contribution in [1.82, 2.24) is 14.8 Å². The molecular formula is C27H26N4O3S.